The quantitative estimate of drug-likeness (QED) is 0.876. The molecule has 8 heteroatoms. The van der Waals surface area contributed by atoms with Crippen molar-refractivity contribution < 1.29 is 17.6 Å². The number of nitrogens with one attached hydrogen (secondary N) is 1. The number of urea groups is 1. The standard InChI is InChI=1S/C15H20FN3O3S/c16-12-1-3-13(4-2-12)17-15(20)19-8-6-18(7-9-19)14-5-10-23(21,22)11-14/h1-4,14H,5-11H2,(H,17,20). The van der Waals surface area contributed by atoms with Crippen LogP contribution in [0, 0.1) is 5.82 Å². The highest BCUT2D eigenvalue weighted by molar-refractivity contribution is 7.91. The van der Waals surface area contributed by atoms with Crippen LogP contribution in [0.1, 0.15) is 6.42 Å². The zero-order valence-corrected chi connectivity index (χ0v) is 13.6. The second kappa shape index (κ2) is 6.45. The molecule has 3 rings (SSSR count). The molecule has 0 saturated carbocycles. The van der Waals surface area contributed by atoms with E-state index in [9.17, 15) is 17.6 Å². The lowest BCUT2D eigenvalue weighted by molar-refractivity contribution is 0.121. The number of carbonyl (C=O) groups is 1. The van der Waals surface area contributed by atoms with Crippen LogP contribution in [-0.4, -0.2) is 68.0 Å². The topological polar surface area (TPSA) is 69.7 Å². The van der Waals surface area contributed by atoms with Gasteiger partial charge in [-0.25, -0.2) is 17.6 Å². The van der Waals surface area contributed by atoms with E-state index >= 15 is 0 Å². The summed E-state index contributed by atoms with van der Waals surface area (Å²) in [5.74, 6) is 0.153. The molecule has 1 aromatic rings. The third-order valence-corrected chi connectivity index (χ3v) is 6.17. The molecule has 0 aliphatic carbocycles. The van der Waals surface area contributed by atoms with E-state index in [1.54, 1.807) is 4.90 Å². The largest absolute Gasteiger partial charge is 0.322 e. The highest BCUT2D eigenvalue weighted by atomic mass is 32.2. The maximum absolute atomic E-state index is 12.9. The van der Waals surface area contributed by atoms with Gasteiger partial charge in [-0.05, 0) is 30.7 Å². The molecule has 0 spiro atoms. The van der Waals surface area contributed by atoms with E-state index in [1.807, 2.05) is 0 Å². The van der Waals surface area contributed by atoms with Crippen molar-refractivity contribution in [2.45, 2.75) is 12.5 Å². The molecule has 23 heavy (non-hydrogen) atoms. The minimum absolute atomic E-state index is 0.0855. The van der Waals surface area contributed by atoms with Crippen molar-refractivity contribution in [1.82, 2.24) is 9.80 Å². The molecule has 2 heterocycles. The number of hydrogen-bond donors (Lipinski definition) is 1. The Balaban J connectivity index is 1.50. The third kappa shape index (κ3) is 4.00. The Bertz CT molecular complexity index is 670. The Morgan fingerprint density at radius 2 is 1.78 bits per heavy atom. The SMILES string of the molecule is O=C(Nc1ccc(F)cc1)N1CCN(C2CCS(=O)(=O)C2)CC1. The van der Waals surface area contributed by atoms with Crippen molar-refractivity contribution >= 4 is 21.6 Å². The zero-order chi connectivity index (χ0) is 16.4. The summed E-state index contributed by atoms with van der Waals surface area (Å²) in [7, 11) is -2.88. The van der Waals surface area contributed by atoms with Gasteiger partial charge in [0.05, 0.1) is 11.5 Å². The van der Waals surface area contributed by atoms with Crippen molar-refractivity contribution in [3.05, 3.63) is 30.1 Å². The van der Waals surface area contributed by atoms with Crippen molar-refractivity contribution in [3.8, 4) is 0 Å². The summed E-state index contributed by atoms with van der Waals surface area (Å²) in [5.41, 5.74) is 0.556. The van der Waals surface area contributed by atoms with E-state index in [2.05, 4.69) is 10.2 Å². The molecule has 2 amide bonds. The summed E-state index contributed by atoms with van der Waals surface area (Å²) in [6, 6.07) is 5.51. The van der Waals surface area contributed by atoms with Gasteiger partial charge in [-0.15, -0.1) is 0 Å². The Labute approximate surface area is 135 Å². The summed E-state index contributed by atoms with van der Waals surface area (Å²) in [5, 5.41) is 2.74. The first-order valence-corrected chi connectivity index (χ1v) is 9.51. The second-order valence-corrected chi connectivity index (χ2v) is 8.25. The smallest absolute Gasteiger partial charge is 0.321 e. The molecule has 1 atom stereocenters. The van der Waals surface area contributed by atoms with Crippen molar-refractivity contribution in [1.29, 1.82) is 0 Å². The van der Waals surface area contributed by atoms with Crippen molar-refractivity contribution in [2.75, 3.05) is 43.0 Å². The fourth-order valence-corrected chi connectivity index (χ4v) is 4.85. The molecule has 6 nitrogen and oxygen atoms in total. The van der Waals surface area contributed by atoms with Gasteiger partial charge in [0.2, 0.25) is 0 Å². The van der Waals surface area contributed by atoms with Crippen LogP contribution >= 0.6 is 0 Å². The first-order valence-electron chi connectivity index (χ1n) is 7.69. The van der Waals surface area contributed by atoms with E-state index in [-0.39, 0.29) is 29.4 Å². The Morgan fingerprint density at radius 3 is 2.35 bits per heavy atom. The minimum atomic E-state index is -2.88. The molecular weight excluding hydrogens is 321 g/mol. The molecule has 0 bridgehead atoms. The fourth-order valence-electron chi connectivity index (χ4n) is 3.09. The van der Waals surface area contributed by atoms with Gasteiger partial charge in [-0.2, -0.15) is 0 Å². The molecule has 126 valence electrons. The number of anilines is 1. The number of nitrogens with zero attached hydrogens (tertiary/aromatic N) is 2. The second-order valence-electron chi connectivity index (χ2n) is 6.02. The highest BCUT2D eigenvalue weighted by Gasteiger charge is 2.34. The molecule has 0 aromatic heterocycles. The van der Waals surface area contributed by atoms with Gasteiger partial charge >= 0.3 is 6.03 Å². The fraction of sp³-hybridized carbons (Fsp3) is 0.533. The lowest BCUT2D eigenvalue weighted by Crippen LogP contribution is -2.53. The molecular formula is C15H20FN3O3S. The molecule has 1 N–H and O–H groups in total. The van der Waals surface area contributed by atoms with Gasteiger partial charge in [0, 0.05) is 37.9 Å². The molecule has 2 aliphatic heterocycles. The van der Waals surface area contributed by atoms with E-state index in [0.29, 0.717) is 38.3 Å². The number of rotatable bonds is 2. The van der Waals surface area contributed by atoms with E-state index in [1.165, 1.54) is 24.3 Å². The summed E-state index contributed by atoms with van der Waals surface area (Å²) in [4.78, 5) is 16.0. The molecule has 2 aliphatic rings. The molecule has 1 aromatic carbocycles. The van der Waals surface area contributed by atoms with Crippen LogP contribution < -0.4 is 5.32 Å². The lowest BCUT2D eigenvalue weighted by Gasteiger charge is -2.37. The summed E-state index contributed by atoms with van der Waals surface area (Å²) >= 11 is 0. The zero-order valence-electron chi connectivity index (χ0n) is 12.7. The Hall–Kier alpha value is -1.67. The molecule has 0 radical (unpaired) electrons. The maximum Gasteiger partial charge on any atom is 0.321 e. The van der Waals surface area contributed by atoms with Crippen molar-refractivity contribution in [3.63, 3.8) is 0 Å². The average molecular weight is 341 g/mol. The number of hydrogen-bond acceptors (Lipinski definition) is 4. The average Bonchev–Trinajstić information content (AvgIpc) is 2.90. The molecule has 2 saturated heterocycles. The Morgan fingerprint density at radius 1 is 1.13 bits per heavy atom. The molecule has 1 unspecified atom stereocenters. The van der Waals surface area contributed by atoms with E-state index < -0.39 is 9.84 Å². The van der Waals surface area contributed by atoms with Crippen LogP contribution in [0.3, 0.4) is 0 Å². The van der Waals surface area contributed by atoms with Gasteiger partial charge in [0.1, 0.15) is 5.82 Å². The normalized spacial score (nSPS) is 24.6. The lowest BCUT2D eigenvalue weighted by atomic mass is 10.2. The molecule has 2 fully saturated rings. The van der Waals surface area contributed by atoms with Gasteiger partial charge in [-0.1, -0.05) is 0 Å². The number of sulfone groups is 1. The first kappa shape index (κ1) is 16.2. The van der Waals surface area contributed by atoms with Crippen LogP contribution in [0.4, 0.5) is 14.9 Å². The van der Waals surface area contributed by atoms with Crippen LogP contribution in [0.5, 0.6) is 0 Å². The summed E-state index contributed by atoms with van der Waals surface area (Å²) in [6.07, 6.45) is 0.685. The van der Waals surface area contributed by atoms with Crippen LogP contribution in [0.15, 0.2) is 24.3 Å². The van der Waals surface area contributed by atoms with Gasteiger partial charge < -0.3 is 10.2 Å². The van der Waals surface area contributed by atoms with Crippen LogP contribution in [0.2, 0.25) is 0 Å². The maximum atomic E-state index is 12.9. The van der Waals surface area contributed by atoms with E-state index in [4.69, 9.17) is 0 Å². The van der Waals surface area contributed by atoms with E-state index in [0.717, 1.165) is 0 Å². The number of benzene rings is 1. The Kier molecular flexibility index (Phi) is 4.54. The van der Waals surface area contributed by atoms with Gasteiger partial charge in [0.25, 0.3) is 0 Å². The number of carbonyl (C=O) groups excluding carboxylic acids is 1. The van der Waals surface area contributed by atoms with Gasteiger partial charge in [0.15, 0.2) is 9.84 Å². The number of halogens is 1. The summed E-state index contributed by atoms with van der Waals surface area (Å²) in [6.45, 7) is 2.47. The first-order chi connectivity index (χ1) is 10.9. The predicted octanol–water partition coefficient (Wildman–Crippen LogP) is 1.16. The number of amides is 2. The predicted molar refractivity (Wildman–Crippen MR) is 85.6 cm³/mol. The third-order valence-electron chi connectivity index (χ3n) is 4.42. The summed E-state index contributed by atoms with van der Waals surface area (Å²) < 4.78 is 36.0. The van der Waals surface area contributed by atoms with Crippen LogP contribution in [0.25, 0.3) is 0 Å². The van der Waals surface area contributed by atoms with Gasteiger partial charge in [-0.3, -0.25) is 4.90 Å². The number of piperazine rings is 1. The van der Waals surface area contributed by atoms with Crippen LogP contribution in [-0.2, 0) is 9.84 Å². The highest BCUT2D eigenvalue weighted by Crippen LogP contribution is 2.19. The van der Waals surface area contributed by atoms with Crippen molar-refractivity contribution in [2.24, 2.45) is 0 Å². The monoisotopic (exact) mass is 341 g/mol. The minimum Gasteiger partial charge on any atom is -0.322 e.